The maximum absolute atomic E-state index is 10.8. The second kappa shape index (κ2) is 5.50. The molecule has 6 nitrogen and oxygen atoms in total. The zero-order chi connectivity index (χ0) is 13.0. The number of ether oxygens (including phenoxy) is 1. The largest absolute Gasteiger partial charge is 0.484 e. The molecule has 0 fully saturated rings. The second-order valence-corrected chi connectivity index (χ2v) is 3.87. The van der Waals surface area contributed by atoms with Gasteiger partial charge in [0.15, 0.2) is 0 Å². The zero-order valence-corrected chi connectivity index (χ0v) is 10.1. The minimum atomic E-state index is -0.519. The number of aromatic nitrogens is 2. The molecule has 2 aromatic rings. The minimum Gasteiger partial charge on any atom is -0.484 e. The van der Waals surface area contributed by atoms with E-state index in [1.165, 1.54) is 12.1 Å². The molecule has 0 N–H and O–H groups in total. The molecule has 0 atom stereocenters. The van der Waals surface area contributed by atoms with Crippen molar-refractivity contribution in [2.24, 2.45) is 0 Å². The topological polar surface area (TPSA) is 70.2 Å². The van der Waals surface area contributed by atoms with Crippen LogP contribution in [0.5, 0.6) is 5.75 Å². The Labute approximate surface area is 108 Å². The smallest absolute Gasteiger partial charge is 0.312 e. The van der Waals surface area contributed by atoms with Gasteiger partial charge in [-0.15, -0.1) is 0 Å². The van der Waals surface area contributed by atoms with Crippen molar-refractivity contribution in [2.45, 2.75) is 6.54 Å². The van der Waals surface area contributed by atoms with Crippen LogP contribution in [0.1, 0.15) is 0 Å². The number of halogens is 1. The van der Waals surface area contributed by atoms with Gasteiger partial charge >= 0.3 is 5.69 Å². The number of nitro benzene ring substituents is 1. The summed E-state index contributed by atoms with van der Waals surface area (Å²) >= 11 is 5.88. The lowest BCUT2D eigenvalue weighted by molar-refractivity contribution is -0.385. The standard InChI is InChI=1S/C11H10ClN3O3/c12-9-3-1-4-10(15(16)17)11(9)18-8-7-14-6-2-5-13-14/h1-6H,7-8H2. The summed E-state index contributed by atoms with van der Waals surface area (Å²) in [5.74, 6) is 0.0938. The van der Waals surface area contributed by atoms with E-state index in [2.05, 4.69) is 5.10 Å². The van der Waals surface area contributed by atoms with Crippen LogP contribution in [0.3, 0.4) is 0 Å². The quantitative estimate of drug-likeness (QED) is 0.616. The highest BCUT2D eigenvalue weighted by Gasteiger charge is 2.17. The summed E-state index contributed by atoms with van der Waals surface area (Å²) in [5, 5.41) is 15.0. The molecule has 0 saturated carbocycles. The first-order valence-electron chi connectivity index (χ1n) is 5.21. The van der Waals surface area contributed by atoms with Crippen LogP contribution in [0.2, 0.25) is 5.02 Å². The van der Waals surface area contributed by atoms with Gasteiger partial charge in [-0.05, 0) is 12.1 Å². The highest BCUT2D eigenvalue weighted by atomic mass is 35.5. The number of hydrogen-bond acceptors (Lipinski definition) is 4. The Kier molecular flexibility index (Phi) is 3.78. The van der Waals surface area contributed by atoms with Crippen LogP contribution in [0.25, 0.3) is 0 Å². The van der Waals surface area contributed by atoms with Gasteiger partial charge in [0, 0.05) is 18.5 Å². The molecule has 0 saturated heterocycles. The molecular weight excluding hydrogens is 258 g/mol. The van der Waals surface area contributed by atoms with Crippen molar-refractivity contribution in [3.8, 4) is 5.75 Å². The fraction of sp³-hybridized carbons (Fsp3) is 0.182. The van der Waals surface area contributed by atoms with E-state index >= 15 is 0 Å². The molecule has 2 rings (SSSR count). The van der Waals surface area contributed by atoms with E-state index in [1.54, 1.807) is 29.2 Å². The molecule has 0 bridgehead atoms. The lowest BCUT2D eigenvalue weighted by atomic mass is 10.3. The minimum absolute atomic E-state index is 0.0938. The van der Waals surface area contributed by atoms with E-state index in [4.69, 9.17) is 16.3 Å². The Morgan fingerprint density at radius 1 is 1.44 bits per heavy atom. The Balaban J connectivity index is 2.06. The predicted molar refractivity (Wildman–Crippen MR) is 65.8 cm³/mol. The molecule has 0 amide bonds. The summed E-state index contributed by atoms with van der Waals surface area (Å²) in [5.41, 5.74) is -0.136. The summed E-state index contributed by atoms with van der Waals surface area (Å²) in [4.78, 5) is 10.3. The monoisotopic (exact) mass is 267 g/mol. The number of nitrogens with zero attached hydrogens (tertiary/aromatic N) is 3. The van der Waals surface area contributed by atoms with Crippen molar-refractivity contribution in [2.75, 3.05) is 6.61 Å². The second-order valence-electron chi connectivity index (χ2n) is 3.46. The van der Waals surface area contributed by atoms with E-state index < -0.39 is 4.92 Å². The van der Waals surface area contributed by atoms with Crippen LogP contribution in [0.4, 0.5) is 5.69 Å². The van der Waals surface area contributed by atoms with Crippen LogP contribution in [0, 0.1) is 10.1 Å². The number of nitro groups is 1. The zero-order valence-electron chi connectivity index (χ0n) is 9.32. The van der Waals surface area contributed by atoms with Gasteiger partial charge in [0.1, 0.15) is 6.61 Å². The number of rotatable bonds is 5. The maximum atomic E-state index is 10.8. The average molecular weight is 268 g/mol. The Morgan fingerprint density at radius 3 is 2.94 bits per heavy atom. The van der Waals surface area contributed by atoms with E-state index in [-0.39, 0.29) is 23.1 Å². The molecule has 18 heavy (non-hydrogen) atoms. The van der Waals surface area contributed by atoms with Crippen LogP contribution in [0.15, 0.2) is 36.7 Å². The Morgan fingerprint density at radius 2 is 2.28 bits per heavy atom. The molecule has 0 aliphatic heterocycles. The lowest BCUT2D eigenvalue weighted by Crippen LogP contribution is -2.09. The highest BCUT2D eigenvalue weighted by Crippen LogP contribution is 2.34. The van der Waals surface area contributed by atoms with E-state index in [0.717, 1.165) is 0 Å². The first kappa shape index (κ1) is 12.4. The molecule has 0 aliphatic carbocycles. The summed E-state index contributed by atoms with van der Waals surface area (Å²) in [7, 11) is 0. The van der Waals surface area contributed by atoms with Gasteiger partial charge in [-0.3, -0.25) is 14.8 Å². The average Bonchev–Trinajstić information content (AvgIpc) is 2.84. The van der Waals surface area contributed by atoms with Crippen molar-refractivity contribution in [3.05, 3.63) is 51.8 Å². The molecule has 1 heterocycles. The van der Waals surface area contributed by atoms with Gasteiger partial charge in [-0.1, -0.05) is 17.7 Å². The molecule has 1 aromatic heterocycles. The maximum Gasteiger partial charge on any atom is 0.312 e. The third kappa shape index (κ3) is 2.78. The van der Waals surface area contributed by atoms with Crippen molar-refractivity contribution in [3.63, 3.8) is 0 Å². The van der Waals surface area contributed by atoms with Gasteiger partial charge in [0.05, 0.1) is 16.5 Å². The van der Waals surface area contributed by atoms with E-state index in [0.29, 0.717) is 6.54 Å². The van der Waals surface area contributed by atoms with Crippen LogP contribution in [-0.4, -0.2) is 21.3 Å². The third-order valence-corrected chi connectivity index (χ3v) is 2.57. The summed E-state index contributed by atoms with van der Waals surface area (Å²) in [6.45, 7) is 0.752. The van der Waals surface area contributed by atoms with Crippen molar-refractivity contribution in [1.82, 2.24) is 9.78 Å². The highest BCUT2D eigenvalue weighted by molar-refractivity contribution is 6.32. The number of benzene rings is 1. The lowest BCUT2D eigenvalue weighted by Gasteiger charge is -2.08. The number of hydrogen-bond donors (Lipinski definition) is 0. The predicted octanol–water partition coefficient (Wildman–Crippen LogP) is 2.52. The van der Waals surface area contributed by atoms with Crippen LogP contribution in [-0.2, 0) is 6.54 Å². The van der Waals surface area contributed by atoms with Gasteiger partial charge in [0.25, 0.3) is 0 Å². The van der Waals surface area contributed by atoms with Crippen LogP contribution >= 0.6 is 11.6 Å². The van der Waals surface area contributed by atoms with Gasteiger partial charge in [0.2, 0.25) is 5.75 Å². The summed E-state index contributed by atoms with van der Waals surface area (Å²) in [6.07, 6.45) is 3.43. The normalized spacial score (nSPS) is 10.3. The molecule has 1 aromatic carbocycles. The molecule has 0 aliphatic rings. The first-order chi connectivity index (χ1) is 8.68. The molecule has 0 spiro atoms. The molecular formula is C11H10ClN3O3. The third-order valence-electron chi connectivity index (χ3n) is 2.27. The fourth-order valence-electron chi connectivity index (χ4n) is 1.46. The van der Waals surface area contributed by atoms with Crippen LogP contribution < -0.4 is 4.74 Å². The molecule has 94 valence electrons. The van der Waals surface area contributed by atoms with E-state index in [1.807, 2.05) is 0 Å². The Hall–Kier alpha value is -2.08. The Bertz CT molecular complexity index is 542. The van der Waals surface area contributed by atoms with Crippen molar-refractivity contribution >= 4 is 17.3 Å². The van der Waals surface area contributed by atoms with Gasteiger partial charge in [-0.2, -0.15) is 5.10 Å². The summed E-state index contributed by atoms with van der Waals surface area (Å²) < 4.78 is 7.04. The first-order valence-corrected chi connectivity index (χ1v) is 5.59. The number of para-hydroxylation sites is 1. The molecule has 0 radical (unpaired) electrons. The van der Waals surface area contributed by atoms with Gasteiger partial charge in [-0.25, -0.2) is 0 Å². The molecule has 0 unspecified atom stereocenters. The molecule has 7 heteroatoms. The van der Waals surface area contributed by atoms with Crippen molar-refractivity contribution < 1.29 is 9.66 Å². The summed E-state index contributed by atoms with van der Waals surface area (Å²) in [6, 6.07) is 6.21. The van der Waals surface area contributed by atoms with Crippen molar-refractivity contribution in [1.29, 1.82) is 0 Å². The van der Waals surface area contributed by atoms with E-state index in [9.17, 15) is 10.1 Å². The SMILES string of the molecule is O=[N+]([O-])c1cccc(Cl)c1OCCn1cccn1. The fourth-order valence-corrected chi connectivity index (χ4v) is 1.68. The van der Waals surface area contributed by atoms with Gasteiger partial charge < -0.3 is 4.74 Å².